The predicted molar refractivity (Wildman–Crippen MR) is 76.4 cm³/mol. The molecule has 2 unspecified atom stereocenters. The normalized spacial score (nSPS) is 24.2. The molecule has 1 rings (SSSR count). The highest BCUT2D eigenvalue weighted by Crippen LogP contribution is 2.34. The van der Waals surface area contributed by atoms with Gasteiger partial charge in [0.1, 0.15) is 0 Å². The van der Waals surface area contributed by atoms with Gasteiger partial charge in [-0.2, -0.15) is 0 Å². The van der Waals surface area contributed by atoms with E-state index in [0.717, 1.165) is 18.5 Å². The van der Waals surface area contributed by atoms with Gasteiger partial charge >= 0.3 is 0 Å². The molecule has 0 aromatic rings. The largest absolute Gasteiger partial charge is 0.317 e. The highest BCUT2D eigenvalue weighted by atomic mass is 15.2. The van der Waals surface area contributed by atoms with Crippen LogP contribution in [0.3, 0.4) is 0 Å². The zero-order valence-electron chi connectivity index (χ0n) is 12.6. The second-order valence-electron chi connectivity index (χ2n) is 6.69. The predicted octanol–water partition coefficient (Wildman–Crippen LogP) is 3.13. The van der Waals surface area contributed by atoms with Gasteiger partial charge in [0, 0.05) is 12.6 Å². The van der Waals surface area contributed by atoms with Crippen LogP contribution in [-0.2, 0) is 0 Å². The first-order valence-corrected chi connectivity index (χ1v) is 7.40. The van der Waals surface area contributed by atoms with Crippen molar-refractivity contribution in [2.45, 2.75) is 59.9 Å². The third-order valence-corrected chi connectivity index (χ3v) is 4.29. The summed E-state index contributed by atoms with van der Waals surface area (Å²) in [7, 11) is 0. The van der Waals surface area contributed by atoms with Crippen LogP contribution in [-0.4, -0.2) is 37.1 Å². The molecule has 0 radical (unpaired) electrons. The molecule has 0 saturated carbocycles. The summed E-state index contributed by atoms with van der Waals surface area (Å²) in [4.78, 5) is 2.70. The van der Waals surface area contributed by atoms with Crippen LogP contribution in [0.15, 0.2) is 0 Å². The Morgan fingerprint density at radius 1 is 1.35 bits per heavy atom. The Morgan fingerprint density at radius 2 is 2.06 bits per heavy atom. The quantitative estimate of drug-likeness (QED) is 0.718. The SMILES string of the molecule is CCNCCCC(C)N1CCC(C(C)(C)C)C1. The molecule has 2 nitrogen and oxygen atoms in total. The van der Waals surface area contributed by atoms with E-state index >= 15 is 0 Å². The molecule has 102 valence electrons. The maximum Gasteiger partial charge on any atom is 0.00675 e. The Balaban J connectivity index is 2.23. The van der Waals surface area contributed by atoms with E-state index in [2.05, 4.69) is 44.8 Å². The van der Waals surface area contributed by atoms with Gasteiger partial charge in [0.05, 0.1) is 0 Å². The minimum Gasteiger partial charge on any atom is -0.317 e. The molecule has 0 spiro atoms. The highest BCUT2D eigenvalue weighted by Gasteiger charge is 2.33. The van der Waals surface area contributed by atoms with Crippen LogP contribution in [0.2, 0.25) is 0 Å². The molecular weight excluding hydrogens is 208 g/mol. The van der Waals surface area contributed by atoms with E-state index in [-0.39, 0.29) is 0 Å². The fourth-order valence-electron chi connectivity index (χ4n) is 2.78. The summed E-state index contributed by atoms with van der Waals surface area (Å²) in [5.41, 5.74) is 0.484. The van der Waals surface area contributed by atoms with E-state index in [0.29, 0.717) is 5.41 Å². The molecule has 0 aliphatic carbocycles. The van der Waals surface area contributed by atoms with Crippen molar-refractivity contribution in [3.63, 3.8) is 0 Å². The summed E-state index contributed by atoms with van der Waals surface area (Å²) in [6, 6.07) is 0.765. The summed E-state index contributed by atoms with van der Waals surface area (Å²) in [5.74, 6) is 0.888. The van der Waals surface area contributed by atoms with Crippen molar-refractivity contribution in [2.24, 2.45) is 11.3 Å². The third-order valence-electron chi connectivity index (χ3n) is 4.29. The molecule has 1 heterocycles. The van der Waals surface area contributed by atoms with Crippen LogP contribution >= 0.6 is 0 Å². The number of likely N-dealkylation sites (tertiary alicyclic amines) is 1. The second-order valence-corrected chi connectivity index (χ2v) is 6.69. The van der Waals surface area contributed by atoms with Crippen LogP contribution in [0.25, 0.3) is 0 Å². The fourth-order valence-corrected chi connectivity index (χ4v) is 2.78. The van der Waals surface area contributed by atoms with E-state index in [4.69, 9.17) is 0 Å². The Labute approximate surface area is 108 Å². The summed E-state index contributed by atoms with van der Waals surface area (Å²) >= 11 is 0. The van der Waals surface area contributed by atoms with E-state index in [9.17, 15) is 0 Å². The van der Waals surface area contributed by atoms with Crippen molar-refractivity contribution in [1.29, 1.82) is 0 Å². The van der Waals surface area contributed by atoms with Gasteiger partial charge in [-0.25, -0.2) is 0 Å². The highest BCUT2D eigenvalue weighted by molar-refractivity contribution is 4.86. The van der Waals surface area contributed by atoms with Crippen LogP contribution in [0.4, 0.5) is 0 Å². The van der Waals surface area contributed by atoms with E-state index in [1.54, 1.807) is 0 Å². The number of hydrogen-bond donors (Lipinski definition) is 1. The monoisotopic (exact) mass is 240 g/mol. The van der Waals surface area contributed by atoms with Gasteiger partial charge in [0.25, 0.3) is 0 Å². The van der Waals surface area contributed by atoms with Crippen molar-refractivity contribution in [2.75, 3.05) is 26.2 Å². The van der Waals surface area contributed by atoms with Crippen LogP contribution in [0.1, 0.15) is 53.9 Å². The molecule has 0 aromatic carbocycles. The van der Waals surface area contributed by atoms with Crippen molar-refractivity contribution >= 4 is 0 Å². The summed E-state index contributed by atoms with van der Waals surface area (Å²) in [6.07, 6.45) is 4.04. The van der Waals surface area contributed by atoms with E-state index in [1.165, 1.54) is 38.9 Å². The first kappa shape index (κ1) is 15.0. The van der Waals surface area contributed by atoms with Gasteiger partial charge in [-0.05, 0) is 57.2 Å². The standard InChI is InChI=1S/C15H32N2/c1-6-16-10-7-8-13(2)17-11-9-14(12-17)15(3,4)5/h13-14,16H,6-12H2,1-5H3. The maximum absolute atomic E-state index is 3.41. The Kier molecular flexibility index (Phi) is 5.94. The number of rotatable bonds is 6. The Bertz CT molecular complexity index is 207. The fraction of sp³-hybridized carbons (Fsp3) is 1.00. The third kappa shape index (κ3) is 4.97. The van der Waals surface area contributed by atoms with Gasteiger partial charge in [0.15, 0.2) is 0 Å². The van der Waals surface area contributed by atoms with Gasteiger partial charge in [0.2, 0.25) is 0 Å². The maximum atomic E-state index is 3.41. The molecule has 1 fully saturated rings. The lowest BCUT2D eigenvalue weighted by molar-refractivity contribution is 0.195. The topological polar surface area (TPSA) is 15.3 Å². The first-order valence-electron chi connectivity index (χ1n) is 7.40. The lowest BCUT2D eigenvalue weighted by Gasteiger charge is -2.29. The summed E-state index contributed by atoms with van der Waals surface area (Å²) in [5, 5.41) is 3.41. The van der Waals surface area contributed by atoms with Crippen LogP contribution in [0, 0.1) is 11.3 Å². The molecule has 17 heavy (non-hydrogen) atoms. The lowest BCUT2D eigenvalue weighted by atomic mass is 9.80. The molecular formula is C15H32N2. The molecule has 2 atom stereocenters. The second kappa shape index (κ2) is 6.75. The number of nitrogens with one attached hydrogen (secondary N) is 1. The number of nitrogens with zero attached hydrogens (tertiary/aromatic N) is 1. The van der Waals surface area contributed by atoms with Crippen LogP contribution < -0.4 is 5.32 Å². The molecule has 1 aliphatic heterocycles. The Hall–Kier alpha value is -0.0800. The zero-order chi connectivity index (χ0) is 12.9. The van der Waals surface area contributed by atoms with E-state index in [1.807, 2.05) is 0 Å². The minimum atomic E-state index is 0.484. The average Bonchev–Trinajstić information content (AvgIpc) is 2.72. The van der Waals surface area contributed by atoms with Crippen molar-refractivity contribution in [3.8, 4) is 0 Å². The van der Waals surface area contributed by atoms with Crippen molar-refractivity contribution in [1.82, 2.24) is 10.2 Å². The molecule has 0 amide bonds. The molecule has 2 heteroatoms. The molecule has 1 saturated heterocycles. The van der Waals surface area contributed by atoms with E-state index < -0.39 is 0 Å². The zero-order valence-corrected chi connectivity index (χ0v) is 12.6. The smallest absolute Gasteiger partial charge is 0.00675 e. The van der Waals surface area contributed by atoms with Crippen molar-refractivity contribution < 1.29 is 0 Å². The van der Waals surface area contributed by atoms with Gasteiger partial charge in [-0.3, -0.25) is 0 Å². The first-order chi connectivity index (χ1) is 7.95. The molecule has 0 aromatic heterocycles. The summed E-state index contributed by atoms with van der Waals surface area (Å²) in [6.45, 7) is 16.6. The molecule has 1 aliphatic rings. The van der Waals surface area contributed by atoms with Gasteiger partial charge < -0.3 is 10.2 Å². The van der Waals surface area contributed by atoms with Gasteiger partial charge in [-0.1, -0.05) is 27.7 Å². The average molecular weight is 240 g/mol. The van der Waals surface area contributed by atoms with Gasteiger partial charge in [-0.15, -0.1) is 0 Å². The Morgan fingerprint density at radius 3 is 2.59 bits per heavy atom. The minimum absolute atomic E-state index is 0.484. The number of hydrogen-bond acceptors (Lipinski definition) is 2. The lowest BCUT2D eigenvalue weighted by Crippen LogP contribution is -2.33. The summed E-state index contributed by atoms with van der Waals surface area (Å²) < 4.78 is 0. The van der Waals surface area contributed by atoms with Crippen LogP contribution in [0.5, 0.6) is 0 Å². The molecule has 1 N–H and O–H groups in total. The van der Waals surface area contributed by atoms with Crippen molar-refractivity contribution in [3.05, 3.63) is 0 Å². The molecule has 0 bridgehead atoms.